The number of rotatable bonds is 5. The molecule has 8 heteroatoms. The average molecular weight is 436 g/mol. The second-order valence-corrected chi connectivity index (χ2v) is 5.53. The van der Waals surface area contributed by atoms with Gasteiger partial charge in [-0.15, -0.1) is 34.2 Å². The first-order valence-electron chi connectivity index (χ1n) is 8.15. The number of hydrogen-bond donors (Lipinski definition) is 1. The molecule has 0 atom stereocenters. The Morgan fingerprint density at radius 2 is 2.00 bits per heavy atom. The Kier molecular flexibility index (Phi) is 8.82. The number of aryl methyl sites for hydroxylation is 1. The number of guanidine groups is 1. The number of hydrogen-bond acceptors (Lipinski definition) is 4. The maximum absolute atomic E-state index is 5.71. The molecule has 0 aromatic carbocycles. The zero-order chi connectivity index (χ0) is 15.9. The van der Waals surface area contributed by atoms with Crippen LogP contribution in [0.1, 0.15) is 38.3 Å². The van der Waals surface area contributed by atoms with E-state index in [4.69, 9.17) is 9.73 Å². The van der Waals surface area contributed by atoms with Gasteiger partial charge in [-0.05, 0) is 33.6 Å². The van der Waals surface area contributed by atoms with E-state index < -0.39 is 0 Å². The largest absolute Gasteiger partial charge is 0.378 e. The molecule has 1 aliphatic rings. The van der Waals surface area contributed by atoms with Crippen molar-refractivity contribution < 1.29 is 4.74 Å². The summed E-state index contributed by atoms with van der Waals surface area (Å²) in [6.07, 6.45) is 2.51. The summed E-state index contributed by atoms with van der Waals surface area (Å²) in [5, 5.41) is 11.6. The molecule has 0 bridgehead atoms. The summed E-state index contributed by atoms with van der Waals surface area (Å²) < 4.78 is 7.69. The van der Waals surface area contributed by atoms with Crippen LogP contribution in [0.4, 0.5) is 0 Å². The number of ether oxygens (including phenoxy) is 1. The summed E-state index contributed by atoms with van der Waals surface area (Å²) in [4.78, 5) is 7.03. The first kappa shape index (κ1) is 20.1. The van der Waals surface area contributed by atoms with Crippen molar-refractivity contribution in [1.82, 2.24) is 25.0 Å². The number of nitrogens with zero attached hydrogens (tertiary/aromatic N) is 5. The minimum Gasteiger partial charge on any atom is -0.378 e. The van der Waals surface area contributed by atoms with Crippen LogP contribution < -0.4 is 5.32 Å². The Morgan fingerprint density at radius 3 is 2.52 bits per heavy atom. The molecule has 1 aromatic rings. The molecule has 0 spiro atoms. The molecule has 0 amide bonds. The predicted molar refractivity (Wildman–Crippen MR) is 102 cm³/mol. The number of likely N-dealkylation sites (tertiary alicyclic amines) is 1. The lowest BCUT2D eigenvalue weighted by Crippen LogP contribution is -2.47. The molecule has 0 radical (unpaired) electrons. The summed E-state index contributed by atoms with van der Waals surface area (Å²) in [7, 11) is 1.97. The molecule has 1 saturated heterocycles. The van der Waals surface area contributed by atoms with E-state index in [1.807, 2.05) is 18.5 Å². The maximum atomic E-state index is 5.71. The molecular weight excluding hydrogens is 407 g/mol. The summed E-state index contributed by atoms with van der Waals surface area (Å²) in [6, 6.07) is 0. The van der Waals surface area contributed by atoms with Crippen LogP contribution >= 0.6 is 24.0 Å². The van der Waals surface area contributed by atoms with Gasteiger partial charge < -0.3 is 19.5 Å². The van der Waals surface area contributed by atoms with E-state index in [-0.39, 0.29) is 24.0 Å². The first-order valence-corrected chi connectivity index (χ1v) is 8.15. The van der Waals surface area contributed by atoms with E-state index in [9.17, 15) is 0 Å². The Morgan fingerprint density at radius 1 is 1.30 bits per heavy atom. The van der Waals surface area contributed by atoms with E-state index in [1.54, 1.807) is 0 Å². The lowest BCUT2D eigenvalue weighted by molar-refractivity contribution is 0.0263. The van der Waals surface area contributed by atoms with Crippen LogP contribution in [0.25, 0.3) is 0 Å². The molecule has 0 aliphatic carbocycles. The van der Waals surface area contributed by atoms with Crippen LogP contribution in [0, 0.1) is 6.92 Å². The molecule has 0 unspecified atom stereocenters. The third-order valence-electron chi connectivity index (χ3n) is 4.03. The van der Waals surface area contributed by atoms with E-state index in [2.05, 4.69) is 34.3 Å². The molecular formula is C15H29IN6O. The summed E-state index contributed by atoms with van der Waals surface area (Å²) in [5.41, 5.74) is 0. The van der Waals surface area contributed by atoms with Crippen LogP contribution in [-0.2, 0) is 18.3 Å². The smallest absolute Gasteiger partial charge is 0.194 e. The van der Waals surface area contributed by atoms with Gasteiger partial charge in [0.25, 0.3) is 0 Å². The Labute approximate surface area is 155 Å². The number of nitrogens with one attached hydrogen (secondary N) is 1. The molecule has 1 aromatic heterocycles. The van der Waals surface area contributed by atoms with Gasteiger partial charge in [0.1, 0.15) is 12.4 Å². The van der Waals surface area contributed by atoms with Crippen molar-refractivity contribution >= 4 is 29.9 Å². The highest BCUT2D eigenvalue weighted by atomic mass is 127. The topological polar surface area (TPSA) is 67.6 Å². The van der Waals surface area contributed by atoms with E-state index >= 15 is 0 Å². The molecule has 7 nitrogen and oxygen atoms in total. The standard InChI is InChI=1S/C15H28N6O.HI/c1-5-16-15(17-11-14-19-18-12(3)20(14)4)21-9-7-13(8-10-21)22-6-2;/h13H,5-11H2,1-4H3,(H,16,17);1H. The Hall–Kier alpha value is -0.900. The highest BCUT2D eigenvalue weighted by Crippen LogP contribution is 2.14. The van der Waals surface area contributed by atoms with Crippen molar-refractivity contribution in [2.24, 2.45) is 12.0 Å². The van der Waals surface area contributed by atoms with Crippen molar-refractivity contribution in [3.63, 3.8) is 0 Å². The molecule has 1 aliphatic heterocycles. The lowest BCUT2D eigenvalue weighted by Gasteiger charge is -2.34. The van der Waals surface area contributed by atoms with Gasteiger partial charge in [0.05, 0.1) is 6.10 Å². The lowest BCUT2D eigenvalue weighted by atomic mass is 10.1. The van der Waals surface area contributed by atoms with Crippen LogP contribution in [-0.4, -0.2) is 58.0 Å². The monoisotopic (exact) mass is 436 g/mol. The van der Waals surface area contributed by atoms with Crippen LogP contribution in [0.15, 0.2) is 4.99 Å². The van der Waals surface area contributed by atoms with Gasteiger partial charge in [-0.1, -0.05) is 0 Å². The average Bonchev–Trinajstić information content (AvgIpc) is 2.84. The minimum absolute atomic E-state index is 0. The van der Waals surface area contributed by atoms with Gasteiger partial charge in [0.2, 0.25) is 0 Å². The zero-order valence-corrected chi connectivity index (χ0v) is 16.9. The second-order valence-electron chi connectivity index (χ2n) is 5.53. The van der Waals surface area contributed by atoms with Crippen molar-refractivity contribution in [3.05, 3.63) is 11.6 Å². The molecule has 0 saturated carbocycles. The molecule has 2 heterocycles. The highest BCUT2D eigenvalue weighted by molar-refractivity contribution is 14.0. The van der Waals surface area contributed by atoms with Crippen LogP contribution in [0.3, 0.4) is 0 Å². The molecule has 2 rings (SSSR count). The number of halogens is 1. The molecule has 1 fully saturated rings. The summed E-state index contributed by atoms with van der Waals surface area (Å²) in [6.45, 7) is 10.3. The summed E-state index contributed by atoms with van der Waals surface area (Å²) >= 11 is 0. The van der Waals surface area contributed by atoms with Gasteiger partial charge in [-0.2, -0.15) is 0 Å². The van der Waals surface area contributed by atoms with Crippen molar-refractivity contribution in [3.8, 4) is 0 Å². The third-order valence-corrected chi connectivity index (χ3v) is 4.03. The quantitative estimate of drug-likeness (QED) is 0.433. The van der Waals surface area contributed by atoms with Crippen molar-refractivity contribution in [1.29, 1.82) is 0 Å². The fraction of sp³-hybridized carbons (Fsp3) is 0.800. The molecule has 23 heavy (non-hydrogen) atoms. The van der Waals surface area contributed by atoms with Gasteiger partial charge in [0.15, 0.2) is 11.8 Å². The van der Waals surface area contributed by atoms with Crippen LogP contribution in [0.5, 0.6) is 0 Å². The van der Waals surface area contributed by atoms with Gasteiger partial charge >= 0.3 is 0 Å². The Bertz CT molecular complexity index is 496. The minimum atomic E-state index is 0. The normalized spacial score (nSPS) is 16.3. The number of aliphatic imine (C=N–C) groups is 1. The van der Waals surface area contributed by atoms with E-state index in [1.165, 1.54) is 0 Å². The molecule has 132 valence electrons. The predicted octanol–water partition coefficient (Wildman–Crippen LogP) is 1.71. The van der Waals surface area contributed by atoms with Crippen molar-refractivity contribution in [2.75, 3.05) is 26.2 Å². The third kappa shape index (κ3) is 5.59. The first-order chi connectivity index (χ1) is 10.7. The highest BCUT2D eigenvalue weighted by Gasteiger charge is 2.21. The molecule has 1 N–H and O–H groups in total. The fourth-order valence-electron chi connectivity index (χ4n) is 2.63. The van der Waals surface area contributed by atoms with Gasteiger partial charge in [-0.3, -0.25) is 0 Å². The van der Waals surface area contributed by atoms with Crippen LogP contribution in [0.2, 0.25) is 0 Å². The van der Waals surface area contributed by atoms with E-state index in [0.29, 0.717) is 12.6 Å². The fourth-order valence-corrected chi connectivity index (χ4v) is 2.63. The number of piperidine rings is 1. The second kappa shape index (κ2) is 10.1. The SMILES string of the molecule is CCNC(=NCc1nnc(C)n1C)N1CCC(OCC)CC1.I. The van der Waals surface area contributed by atoms with Crippen molar-refractivity contribution in [2.45, 2.75) is 46.3 Å². The summed E-state index contributed by atoms with van der Waals surface area (Å²) in [5.74, 6) is 2.75. The Balaban J connectivity index is 0.00000264. The maximum Gasteiger partial charge on any atom is 0.194 e. The number of aromatic nitrogens is 3. The van der Waals surface area contributed by atoms with Gasteiger partial charge in [-0.25, -0.2) is 4.99 Å². The van der Waals surface area contributed by atoms with E-state index in [0.717, 1.165) is 56.7 Å². The zero-order valence-electron chi connectivity index (χ0n) is 14.6. The van der Waals surface area contributed by atoms with Gasteiger partial charge in [0, 0.05) is 33.3 Å².